The zero-order valence-corrected chi connectivity index (χ0v) is 9.92. The summed E-state index contributed by atoms with van der Waals surface area (Å²) in [4.78, 5) is 11.9. The smallest absolute Gasteiger partial charge is 0.228 e. The number of hydrogen-bond donors (Lipinski definition) is 2. The summed E-state index contributed by atoms with van der Waals surface area (Å²) in [6.07, 6.45) is 1.94. The monoisotopic (exact) mass is 236 g/mol. The van der Waals surface area contributed by atoms with Crippen LogP contribution in [0.1, 0.15) is 18.4 Å². The van der Waals surface area contributed by atoms with Crippen LogP contribution in [0.3, 0.4) is 0 Å². The second-order valence-electron chi connectivity index (χ2n) is 4.50. The van der Waals surface area contributed by atoms with Crippen LogP contribution in [0.25, 0.3) is 0 Å². The molecule has 1 aromatic carbocycles. The van der Waals surface area contributed by atoms with E-state index in [-0.39, 0.29) is 17.6 Å². The third kappa shape index (κ3) is 3.03. The SMILES string of the molecule is Cc1cc(NC(=O)[C@@H]2CCCNC2)ccc1F. The molecule has 0 radical (unpaired) electrons. The maximum absolute atomic E-state index is 13.1. The van der Waals surface area contributed by atoms with Crippen LogP contribution >= 0.6 is 0 Å². The topological polar surface area (TPSA) is 41.1 Å². The van der Waals surface area contributed by atoms with Crippen molar-refractivity contribution >= 4 is 11.6 Å². The Morgan fingerprint density at radius 2 is 2.35 bits per heavy atom. The summed E-state index contributed by atoms with van der Waals surface area (Å²) in [6.45, 7) is 3.40. The molecule has 17 heavy (non-hydrogen) atoms. The van der Waals surface area contributed by atoms with Crippen LogP contribution in [-0.2, 0) is 4.79 Å². The lowest BCUT2D eigenvalue weighted by atomic mass is 9.99. The number of anilines is 1. The van der Waals surface area contributed by atoms with Crippen LogP contribution in [0, 0.1) is 18.7 Å². The van der Waals surface area contributed by atoms with Gasteiger partial charge >= 0.3 is 0 Å². The van der Waals surface area contributed by atoms with Gasteiger partial charge in [-0.15, -0.1) is 0 Å². The van der Waals surface area contributed by atoms with Crippen molar-refractivity contribution in [3.63, 3.8) is 0 Å². The fourth-order valence-electron chi connectivity index (χ4n) is 2.04. The molecule has 1 fully saturated rings. The van der Waals surface area contributed by atoms with E-state index in [0.29, 0.717) is 11.3 Å². The van der Waals surface area contributed by atoms with E-state index in [9.17, 15) is 9.18 Å². The highest BCUT2D eigenvalue weighted by atomic mass is 19.1. The van der Waals surface area contributed by atoms with E-state index in [1.807, 2.05) is 0 Å². The molecule has 0 saturated carbocycles. The minimum Gasteiger partial charge on any atom is -0.326 e. The highest BCUT2D eigenvalue weighted by Gasteiger charge is 2.20. The average molecular weight is 236 g/mol. The lowest BCUT2D eigenvalue weighted by Crippen LogP contribution is -2.37. The van der Waals surface area contributed by atoms with Crippen molar-refractivity contribution in [3.05, 3.63) is 29.6 Å². The third-order valence-corrected chi connectivity index (χ3v) is 3.09. The maximum atomic E-state index is 13.1. The van der Waals surface area contributed by atoms with Gasteiger partial charge in [-0.3, -0.25) is 4.79 Å². The normalized spacial score (nSPS) is 20.0. The van der Waals surface area contributed by atoms with Crippen molar-refractivity contribution in [1.29, 1.82) is 0 Å². The number of benzene rings is 1. The molecule has 0 spiro atoms. The van der Waals surface area contributed by atoms with Gasteiger partial charge in [-0.1, -0.05) is 0 Å². The van der Waals surface area contributed by atoms with Crippen LogP contribution in [0.15, 0.2) is 18.2 Å². The van der Waals surface area contributed by atoms with E-state index in [1.54, 1.807) is 19.1 Å². The molecule has 0 aromatic heterocycles. The summed E-state index contributed by atoms with van der Waals surface area (Å²) >= 11 is 0. The number of halogens is 1. The molecule has 1 saturated heterocycles. The van der Waals surface area contributed by atoms with Crippen molar-refractivity contribution in [3.8, 4) is 0 Å². The zero-order valence-electron chi connectivity index (χ0n) is 9.92. The number of nitrogens with one attached hydrogen (secondary N) is 2. The van der Waals surface area contributed by atoms with E-state index >= 15 is 0 Å². The molecule has 1 aliphatic heterocycles. The lowest BCUT2D eigenvalue weighted by molar-refractivity contribution is -0.120. The summed E-state index contributed by atoms with van der Waals surface area (Å²) in [5.41, 5.74) is 1.21. The standard InChI is InChI=1S/C13H17FN2O/c1-9-7-11(4-5-12(9)14)16-13(17)10-3-2-6-15-8-10/h4-5,7,10,15H,2-3,6,8H2,1H3,(H,16,17)/t10-/m1/s1. The Morgan fingerprint density at radius 3 is 3.00 bits per heavy atom. The van der Waals surface area contributed by atoms with Crippen molar-refractivity contribution in [2.24, 2.45) is 5.92 Å². The molecule has 0 aliphatic carbocycles. The molecule has 2 rings (SSSR count). The molecule has 1 aliphatic rings. The van der Waals surface area contributed by atoms with Gasteiger partial charge in [0.05, 0.1) is 5.92 Å². The maximum Gasteiger partial charge on any atom is 0.228 e. The summed E-state index contributed by atoms with van der Waals surface area (Å²) in [5.74, 6) is -0.209. The molecule has 3 nitrogen and oxygen atoms in total. The quantitative estimate of drug-likeness (QED) is 0.825. The molecule has 0 bridgehead atoms. The number of piperidine rings is 1. The first-order valence-electron chi connectivity index (χ1n) is 5.94. The molecule has 92 valence electrons. The van der Waals surface area contributed by atoms with Gasteiger partial charge in [0, 0.05) is 12.2 Å². The molecule has 1 amide bonds. The van der Waals surface area contributed by atoms with Gasteiger partial charge < -0.3 is 10.6 Å². The summed E-state index contributed by atoms with van der Waals surface area (Å²) in [5, 5.41) is 6.04. The van der Waals surface area contributed by atoms with Crippen LogP contribution in [-0.4, -0.2) is 19.0 Å². The lowest BCUT2D eigenvalue weighted by Gasteiger charge is -2.21. The fraction of sp³-hybridized carbons (Fsp3) is 0.462. The number of rotatable bonds is 2. The van der Waals surface area contributed by atoms with Gasteiger partial charge in [0.1, 0.15) is 5.82 Å². The van der Waals surface area contributed by atoms with Gasteiger partial charge in [0.25, 0.3) is 0 Å². The van der Waals surface area contributed by atoms with Gasteiger partial charge in [-0.2, -0.15) is 0 Å². The summed E-state index contributed by atoms with van der Waals surface area (Å²) in [7, 11) is 0. The van der Waals surface area contributed by atoms with E-state index in [0.717, 1.165) is 25.9 Å². The van der Waals surface area contributed by atoms with Crippen molar-refractivity contribution in [2.45, 2.75) is 19.8 Å². The number of amides is 1. The zero-order chi connectivity index (χ0) is 12.3. The first-order chi connectivity index (χ1) is 8.16. The Morgan fingerprint density at radius 1 is 1.53 bits per heavy atom. The largest absolute Gasteiger partial charge is 0.326 e. The van der Waals surface area contributed by atoms with Gasteiger partial charge in [0.2, 0.25) is 5.91 Å². The summed E-state index contributed by atoms with van der Waals surface area (Å²) in [6, 6.07) is 4.63. The predicted octanol–water partition coefficient (Wildman–Crippen LogP) is 2.07. The van der Waals surface area contributed by atoms with Crippen molar-refractivity contribution in [1.82, 2.24) is 5.32 Å². The Balaban J connectivity index is 1.99. The molecule has 1 aromatic rings. The third-order valence-electron chi connectivity index (χ3n) is 3.09. The Kier molecular flexibility index (Phi) is 3.74. The Hall–Kier alpha value is -1.42. The van der Waals surface area contributed by atoms with Crippen LogP contribution in [0.4, 0.5) is 10.1 Å². The van der Waals surface area contributed by atoms with Gasteiger partial charge in [-0.25, -0.2) is 4.39 Å². The molecule has 0 unspecified atom stereocenters. The van der Waals surface area contributed by atoms with Crippen molar-refractivity contribution < 1.29 is 9.18 Å². The first-order valence-corrected chi connectivity index (χ1v) is 5.94. The average Bonchev–Trinajstić information content (AvgIpc) is 2.35. The molecule has 1 atom stereocenters. The van der Waals surface area contributed by atoms with Crippen LogP contribution in [0.5, 0.6) is 0 Å². The van der Waals surface area contributed by atoms with Gasteiger partial charge in [0.15, 0.2) is 0 Å². The van der Waals surface area contributed by atoms with Crippen LogP contribution < -0.4 is 10.6 Å². The minimum atomic E-state index is -0.248. The van der Waals surface area contributed by atoms with E-state index < -0.39 is 0 Å². The predicted molar refractivity (Wildman–Crippen MR) is 65.4 cm³/mol. The first kappa shape index (κ1) is 12.0. The number of carbonyl (C=O) groups excluding carboxylic acids is 1. The highest BCUT2D eigenvalue weighted by Crippen LogP contribution is 2.16. The van der Waals surface area contributed by atoms with Crippen LogP contribution in [0.2, 0.25) is 0 Å². The fourth-order valence-corrected chi connectivity index (χ4v) is 2.04. The minimum absolute atomic E-state index is 0.0169. The Labute approximate surface area is 100 Å². The Bertz CT molecular complexity index is 414. The molecule has 1 heterocycles. The van der Waals surface area contributed by atoms with E-state index in [2.05, 4.69) is 10.6 Å². The number of hydrogen-bond acceptors (Lipinski definition) is 2. The highest BCUT2D eigenvalue weighted by molar-refractivity contribution is 5.92. The molecule has 4 heteroatoms. The summed E-state index contributed by atoms with van der Waals surface area (Å²) < 4.78 is 13.1. The van der Waals surface area contributed by atoms with E-state index in [4.69, 9.17) is 0 Å². The molecular formula is C13H17FN2O. The molecule has 2 N–H and O–H groups in total. The van der Waals surface area contributed by atoms with Crippen molar-refractivity contribution in [2.75, 3.05) is 18.4 Å². The van der Waals surface area contributed by atoms with E-state index in [1.165, 1.54) is 6.07 Å². The number of carbonyl (C=O) groups is 1. The second kappa shape index (κ2) is 5.27. The number of aryl methyl sites for hydroxylation is 1. The molecular weight excluding hydrogens is 219 g/mol. The van der Waals surface area contributed by atoms with Gasteiger partial charge in [-0.05, 0) is 50.1 Å². The second-order valence-corrected chi connectivity index (χ2v) is 4.50.